The Morgan fingerprint density at radius 3 is 2.96 bits per heavy atom. The molecule has 0 bridgehead atoms. The zero-order valence-corrected chi connectivity index (χ0v) is 14.4. The van der Waals surface area contributed by atoms with E-state index < -0.39 is 17.9 Å². The molecular weight excluding hydrogens is 329 g/mol. The molecule has 4 nitrogen and oxygen atoms in total. The number of rotatable bonds is 4. The summed E-state index contributed by atoms with van der Waals surface area (Å²) in [5, 5.41) is 19.3. The first-order valence-corrected chi connectivity index (χ1v) is 8.78. The van der Waals surface area contributed by atoms with Crippen LogP contribution in [0.3, 0.4) is 0 Å². The lowest BCUT2D eigenvalue weighted by molar-refractivity contribution is -0.140. The van der Waals surface area contributed by atoms with Crippen molar-refractivity contribution in [3.63, 3.8) is 0 Å². The molecule has 24 heavy (non-hydrogen) atoms. The number of carboxylic acid groups (broad SMARTS) is 1. The molecule has 0 aliphatic carbocycles. The van der Waals surface area contributed by atoms with Crippen molar-refractivity contribution in [1.82, 2.24) is 0 Å². The van der Waals surface area contributed by atoms with Crippen LogP contribution in [-0.2, 0) is 9.53 Å². The molecule has 0 fully saturated rings. The third-order valence-electron chi connectivity index (χ3n) is 4.47. The number of carbonyl (C=O) groups is 1. The van der Waals surface area contributed by atoms with E-state index in [1.807, 2.05) is 13.0 Å². The Kier molecular flexibility index (Phi) is 4.57. The van der Waals surface area contributed by atoms with Gasteiger partial charge in [-0.2, -0.15) is 5.26 Å². The molecule has 0 amide bonds. The van der Waals surface area contributed by atoms with Crippen molar-refractivity contribution < 1.29 is 19.0 Å². The lowest BCUT2D eigenvalue weighted by atomic mass is 9.87. The van der Waals surface area contributed by atoms with Gasteiger partial charge in [0.1, 0.15) is 18.0 Å². The molecule has 1 aromatic heterocycles. The first-order valence-electron chi connectivity index (χ1n) is 7.96. The zero-order chi connectivity index (χ0) is 17.4. The van der Waals surface area contributed by atoms with Crippen molar-refractivity contribution in [2.24, 2.45) is 0 Å². The summed E-state index contributed by atoms with van der Waals surface area (Å²) in [5.74, 6) is -1.38. The second-order valence-electron chi connectivity index (χ2n) is 6.15. The van der Waals surface area contributed by atoms with Crippen LogP contribution in [-0.4, -0.2) is 17.7 Å². The van der Waals surface area contributed by atoms with Crippen LogP contribution in [0.2, 0.25) is 0 Å². The average molecular weight is 347 g/mol. The molecule has 0 saturated carbocycles. The summed E-state index contributed by atoms with van der Waals surface area (Å²) < 4.78 is 21.0. The molecule has 0 spiro atoms. The Bertz CT molecular complexity index is 852. The molecule has 1 aliphatic heterocycles. The van der Waals surface area contributed by atoms with Gasteiger partial charge in [0, 0.05) is 20.9 Å². The molecule has 2 heterocycles. The van der Waals surface area contributed by atoms with E-state index in [1.54, 1.807) is 0 Å². The Morgan fingerprint density at radius 2 is 2.33 bits per heavy atom. The third kappa shape index (κ3) is 2.68. The van der Waals surface area contributed by atoms with E-state index in [0.29, 0.717) is 12.0 Å². The highest BCUT2D eigenvalue weighted by atomic mass is 32.1. The second-order valence-corrected chi connectivity index (χ2v) is 7.20. The van der Waals surface area contributed by atoms with Gasteiger partial charge in [0.15, 0.2) is 0 Å². The maximum atomic E-state index is 14.3. The normalized spacial score (nSPS) is 19.9. The number of hydrogen-bond acceptors (Lipinski definition) is 4. The lowest BCUT2D eigenvalue weighted by Gasteiger charge is -2.29. The van der Waals surface area contributed by atoms with Gasteiger partial charge in [0.25, 0.3) is 0 Å². The van der Waals surface area contributed by atoms with Crippen LogP contribution < -0.4 is 0 Å². The van der Waals surface area contributed by atoms with Gasteiger partial charge in [-0.15, -0.1) is 11.3 Å². The molecule has 1 aromatic carbocycles. The highest BCUT2D eigenvalue weighted by molar-refractivity contribution is 7.19. The van der Waals surface area contributed by atoms with Gasteiger partial charge >= 0.3 is 5.97 Å². The number of carboxylic acids is 1. The lowest BCUT2D eigenvalue weighted by Crippen LogP contribution is -2.21. The molecule has 0 radical (unpaired) electrons. The van der Waals surface area contributed by atoms with Crippen LogP contribution in [0.5, 0.6) is 0 Å². The van der Waals surface area contributed by atoms with E-state index in [4.69, 9.17) is 9.84 Å². The largest absolute Gasteiger partial charge is 0.481 e. The number of ether oxygens (including phenoxy) is 1. The van der Waals surface area contributed by atoms with Gasteiger partial charge in [-0.25, -0.2) is 4.39 Å². The van der Waals surface area contributed by atoms with Gasteiger partial charge in [0.05, 0.1) is 18.6 Å². The van der Waals surface area contributed by atoms with E-state index in [0.717, 1.165) is 33.5 Å². The molecule has 2 aromatic rings. The monoisotopic (exact) mass is 347 g/mol. The van der Waals surface area contributed by atoms with Crippen LogP contribution in [0.25, 0.3) is 10.1 Å². The summed E-state index contributed by atoms with van der Waals surface area (Å²) in [5.41, 5.74) is 1.75. The van der Waals surface area contributed by atoms with Crippen molar-refractivity contribution in [1.29, 1.82) is 5.26 Å². The number of thiophene rings is 1. The van der Waals surface area contributed by atoms with E-state index in [-0.39, 0.29) is 17.9 Å². The Hall–Kier alpha value is -1.97. The van der Waals surface area contributed by atoms with Crippen molar-refractivity contribution in [2.45, 2.75) is 45.1 Å². The van der Waals surface area contributed by atoms with Gasteiger partial charge in [0.2, 0.25) is 0 Å². The maximum Gasteiger partial charge on any atom is 0.306 e. The number of hydrogen-bond donors (Lipinski definition) is 1. The van der Waals surface area contributed by atoms with Crippen LogP contribution in [0, 0.1) is 24.1 Å². The highest BCUT2D eigenvalue weighted by Gasteiger charge is 2.34. The van der Waals surface area contributed by atoms with E-state index in [9.17, 15) is 14.4 Å². The summed E-state index contributed by atoms with van der Waals surface area (Å²) in [6.45, 7) is 4.29. The maximum absolute atomic E-state index is 14.3. The van der Waals surface area contributed by atoms with Crippen molar-refractivity contribution in [3.05, 3.63) is 33.5 Å². The van der Waals surface area contributed by atoms with Crippen LogP contribution in [0.4, 0.5) is 4.39 Å². The quantitative estimate of drug-likeness (QED) is 0.874. The van der Waals surface area contributed by atoms with Crippen LogP contribution >= 0.6 is 11.3 Å². The van der Waals surface area contributed by atoms with Gasteiger partial charge in [-0.05, 0) is 30.5 Å². The fourth-order valence-electron chi connectivity index (χ4n) is 3.47. The number of nitrogens with zero attached hydrogens (tertiary/aromatic N) is 1. The minimum Gasteiger partial charge on any atom is -0.481 e. The van der Waals surface area contributed by atoms with Crippen molar-refractivity contribution in [2.75, 3.05) is 6.61 Å². The fourth-order valence-corrected chi connectivity index (χ4v) is 4.88. The number of benzene rings is 1. The molecule has 0 saturated heterocycles. The van der Waals surface area contributed by atoms with Crippen LogP contribution in [0.15, 0.2) is 6.07 Å². The number of nitriles is 1. The smallest absolute Gasteiger partial charge is 0.306 e. The van der Waals surface area contributed by atoms with Gasteiger partial charge in [-0.3, -0.25) is 4.79 Å². The standard InChI is InChI=1S/C18H18FNO3S/c1-3-4-10-8-23-13(6-14(21)22)18-15(10)16-11(7-20)12(19)5-9(2)17(16)24-18/h5,10,13H,3-4,6,8H2,1-2H3,(H,21,22)/t10?,13-/m0/s1. The predicted octanol–water partition coefficient (Wildman–Crippen LogP) is 4.65. The Morgan fingerprint density at radius 1 is 1.58 bits per heavy atom. The SMILES string of the molecule is CCCC1CO[C@@H](CC(=O)O)c2sc3c(C)cc(F)c(C#N)c3c21. The minimum absolute atomic E-state index is 0.0604. The van der Waals surface area contributed by atoms with E-state index in [2.05, 4.69) is 6.92 Å². The summed E-state index contributed by atoms with van der Waals surface area (Å²) >= 11 is 1.44. The fraction of sp³-hybridized carbons (Fsp3) is 0.444. The Labute approximate surface area is 143 Å². The third-order valence-corrected chi connectivity index (χ3v) is 5.91. The number of aryl methyl sites for hydroxylation is 1. The molecular formula is C18H18FNO3S. The molecule has 1 N–H and O–H groups in total. The molecule has 1 aliphatic rings. The first-order chi connectivity index (χ1) is 11.5. The minimum atomic E-state index is -0.930. The molecule has 3 rings (SSSR count). The first kappa shape index (κ1) is 16.9. The summed E-state index contributed by atoms with van der Waals surface area (Å²) in [4.78, 5) is 12.0. The van der Waals surface area contributed by atoms with Crippen molar-refractivity contribution in [3.8, 4) is 6.07 Å². The number of aliphatic carboxylic acids is 1. The summed E-state index contributed by atoms with van der Waals surface area (Å²) in [7, 11) is 0. The second kappa shape index (κ2) is 6.50. The predicted molar refractivity (Wildman–Crippen MR) is 89.8 cm³/mol. The Balaban J connectivity index is 2.31. The molecule has 126 valence electrons. The summed E-state index contributed by atoms with van der Waals surface area (Å²) in [6.07, 6.45) is 1.14. The van der Waals surface area contributed by atoms with E-state index in [1.165, 1.54) is 17.4 Å². The zero-order valence-electron chi connectivity index (χ0n) is 13.6. The van der Waals surface area contributed by atoms with E-state index >= 15 is 0 Å². The van der Waals surface area contributed by atoms with Crippen LogP contribution in [0.1, 0.15) is 59.8 Å². The average Bonchev–Trinajstić information content (AvgIpc) is 2.91. The number of halogens is 1. The number of fused-ring (bicyclic) bond motifs is 3. The molecule has 6 heteroatoms. The highest BCUT2D eigenvalue weighted by Crippen LogP contribution is 2.48. The van der Waals surface area contributed by atoms with Crippen molar-refractivity contribution >= 4 is 27.4 Å². The molecule has 2 atom stereocenters. The molecule has 1 unspecified atom stereocenters. The topological polar surface area (TPSA) is 70.3 Å². The summed E-state index contributed by atoms with van der Waals surface area (Å²) in [6, 6.07) is 3.37. The van der Waals surface area contributed by atoms with Gasteiger partial charge < -0.3 is 9.84 Å². The van der Waals surface area contributed by atoms with Gasteiger partial charge in [-0.1, -0.05) is 13.3 Å².